The quantitative estimate of drug-likeness (QED) is 0.899. The number of anilines is 1. The van der Waals surface area contributed by atoms with Crippen molar-refractivity contribution in [3.05, 3.63) is 40.4 Å². The van der Waals surface area contributed by atoms with Crippen LogP contribution in [-0.4, -0.2) is 11.1 Å². The third-order valence-electron chi connectivity index (χ3n) is 2.32. The van der Waals surface area contributed by atoms with E-state index in [1.54, 1.807) is 30.3 Å². The minimum absolute atomic E-state index is 0.0285. The van der Waals surface area contributed by atoms with E-state index >= 15 is 0 Å². The zero-order valence-electron chi connectivity index (χ0n) is 11.1. The molecule has 0 atom stereocenters. The Labute approximate surface area is 127 Å². The van der Waals surface area contributed by atoms with Gasteiger partial charge in [-0.1, -0.05) is 23.2 Å². The summed E-state index contributed by atoms with van der Waals surface area (Å²) in [6.07, 6.45) is -0.0285. The van der Waals surface area contributed by atoms with Gasteiger partial charge in [-0.3, -0.25) is 0 Å². The van der Waals surface area contributed by atoms with E-state index in [-0.39, 0.29) is 6.10 Å². The van der Waals surface area contributed by atoms with Crippen LogP contribution in [0.25, 0.3) is 0 Å². The Morgan fingerprint density at radius 3 is 2.55 bits per heavy atom. The van der Waals surface area contributed by atoms with Crippen LogP contribution in [0.1, 0.15) is 13.8 Å². The number of aromatic nitrogens is 1. The van der Waals surface area contributed by atoms with Crippen molar-refractivity contribution in [2.24, 2.45) is 0 Å². The molecule has 1 aromatic carbocycles. The molecular weight excluding hydrogens is 299 g/mol. The van der Waals surface area contributed by atoms with Gasteiger partial charge >= 0.3 is 0 Å². The van der Waals surface area contributed by atoms with Crippen LogP contribution in [0.2, 0.25) is 10.0 Å². The summed E-state index contributed by atoms with van der Waals surface area (Å²) in [4.78, 5) is 4.21. The average molecular weight is 313 g/mol. The largest absolute Gasteiger partial charge is 0.473 e. The number of nitrogens with two attached hydrogens (primary N) is 1. The van der Waals surface area contributed by atoms with Crippen molar-refractivity contribution in [2.75, 3.05) is 5.73 Å². The number of hydrogen-bond donors (Lipinski definition) is 1. The summed E-state index contributed by atoms with van der Waals surface area (Å²) in [6.45, 7) is 3.79. The molecule has 0 aliphatic carbocycles. The number of nitrogen functional groups attached to an aromatic ring is 1. The second kappa shape index (κ2) is 6.20. The maximum absolute atomic E-state index is 6.04. The van der Waals surface area contributed by atoms with Crippen LogP contribution in [0.15, 0.2) is 30.3 Å². The topological polar surface area (TPSA) is 57.4 Å². The van der Waals surface area contributed by atoms with E-state index in [0.717, 1.165) is 0 Å². The first kappa shape index (κ1) is 14.8. The van der Waals surface area contributed by atoms with Crippen LogP contribution in [0.4, 0.5) is 5.69 Å². The van der Waals surface area contributed by atoms with Crippen molar-refractivity contribution in [1.82, 2.24) is 4.98 Å². The maximum atomic E-state index is 6.04. The minimum Gasteiger partial charge on any atom is -0.473 e. The van der Waals surface area contributed by atoms with E-state index in [4.69, 9.17) is 38.4 Å². The molecule has 4 nitrogen and oxygen atoms in total. The van der Waals surface area contributed by atoms with Crippen LogP contribution in [0, 0.1) is 0 Å². The first-order valence-corrected chi connectivity index (χ1v) is 6.77. The molecule has 0 radical (unpaired) electrons. The normalized spacial score (nSPS) is 10.7. The predicted octanol–water partition coefficient (Wildman–Crippen LogP) is 4.55. The summed E-state index contributed by atoms with van der Waals surface area (Å²) < 4.78 is 11.1. The SMILES string of the molecule is CC(C)Oc1nc(Oc2ccc(Cl)cc2Cl)ccc1N. The number of rotatable bonds is 4. The zero-order chi connectivity index (χ0) is 14.7. The Morgan fingerprint density at radius 1 is 1.15 bits per heavy atom. The number of halogens is 2. The van der Waals surface area contributed by atoms with Gasteiger partial charge in [-0.15, -0.1) is 0 Å². The van der Waals surface area contributed by atoms with Gasteiger partial charge < -0.3 is 15.2 Å². The van der Waals surface area contributed by atoms with Crippen molar-refractivity contribution >= 4 is 28.9 Å². The summed E-state index contributed by atoms with van der Waals surface area (Å²) in [7, 11) is 0. The molecule has 106 valence electrons. The molecule has 0 fully saturated rings. The Kier molecular flexibility index (Phi) is 4.57. The third-order valence-corrected chi connectivity index (χ3v) is 2.85. The molecule has 0 amide bonds. The van der Waals surface area contributed by atoms with Gasteiger partial charge in [0.2, 0.25) is 11.8 Å². The van der Waals surface area contributed by atoms with E-state index in [1.807, 2.05) is 13.8 Å². The van der Waals surface area contributed by atoms with Crippen molar-refractivity contribution in [2.45, 2.75) is 20.0 Å². The predicted molar refractivity (Wildman–Crippen MR) is 80.9 cm³/mol. The highest BCUT2D eigenvalue weighted by Crippen LogP contribution is 2.32. The van der Waals surface area contributed by atoms with Gasteiger partial charge in [-0.05, 0) is 38.1 Å². The smallest absolute Gasteiger partial charge is 0.240 e. The Morgan fingerprint density at radius 2 is 1.90 bits per heavy atom. The lowest BCUT2D eigenvalue weighted by atomic mass is 10.3. The summed E-state index contributed by atoms with van der Waals surface area (Å²) in [5, 5.41) is 0.943. The molecule has 0 saturated heterocycles. The zero-order valence-corrected chi connectivity index (χ0v) is 12.6. The lowest BCUT2D eigenvalue weighted by molar-refractivity contribution is 0.232. The molecule has 0 aliphatic rings. The van der Waals surface area contributed by atoms with E-state index in [2.05, 4.69) is 4.98 Å². The highest BCUT2D eigenvalue weighted by atomic mass is 35.5. The van der Waals surface area contributed by atoms with E-state index in [1.165, 1.54) is 0 Å². The standard InChI is InChI=1S/C14H14Cl2N2O2/c1-8(2)19-14-11(17)4-6-13(18-14)20-12-5-3-9(15)7-10(12)16/h3-8H,17H2,1-2H3. The lowest BCUT2D eigenvalue weighted by Crippen LogP contribution is -2.09. The van der Waals surface area contributed by atoms with E-state index in [0.29, 0.717) is 33.2 Å². The Bertz CT molecular complexity index is 618. The molecule has 1 aromatic heterocycles. The molecule has 6 heteroatoms. The van der Waals surface area contributed by atoms with Crippen LogP contribution < -0.4 is 15.2 Å². The third kappa shape index (κ3) is 3.68. The van der Waals surface area contributed by atoms with E-state index < -0.39 is 0 Å². The van der Waals surface area contributed by atoms with Gasteiger partial charge in [0, 0.05) is 11.1 Å². The van der Waals surface area contributed by atoms with Gasteiger partial charge in [-0.25, -0.2) is 0 Å². The fourth-order valence-corrected chi connectivity index (χ4v) is 1.93. The Hall–Kier alpha value is -1.65. The maximum Gasteiger partial charge on any atom is 0.240 e. The number of benzene rings is 1. The summed E-state index contributed by atoms with van der Waals surface area (Å²) in [6, 6.07) is 8.27. The molecule has 0 bridgehead atoms. The van der Waals surface area contributed by atoms with Crippen molar-refractivity contribution in [1.29, 1.82) is 0 Å². The molecule has 0 unspecified atom stereocenters. The number of pyridine rings is 1. The number of hydrogen-bond acceptors (Lipinski definition) is 4. The van der Waals surface area contributed by atoms with Crippen LogP contribution >= 0.6 is 23.2 Å². The lowest BCUT2D eigenvalue weighted by Gasteiger charge is -2.13. The molecule has 1 heterocycles. The summed E-state index contributed by atoms with van der Waals surface area (Å²) in [5.74, 6) is 1.14. The van der Waals surface area contributed by atoms with Gasteiger partial charge in [0.15, 0.2) is 0 Å². The first-order valence-electron chi connectivity index (χ1n) is 6.02. The molecule has 20 heavy (non-hydrogen) atoms. The monoisotopic (exact) mass is 312 g/mol. The van der Waals surface area contributed by atoms with Crippen LogP contribution in [0.5, 0.6) is 17.5 Å². The molecule has 2 N–H and O–H groups in total. The van der Waals surface area contributed by atoms with Crippen LogP contribution in [0.3, 0.4) is 0 Å². The summed E-state index contributed by atoms with van der Waals surface area (Å²) >= 11 is 11.9. The summed E-state index contributed by atoms with van der Waals surface area (Å²) in [5.41, 5.74) is 6.25. The number of nitrogens with zero attached hydrogens (tertiary/aromatic N) is 1. The fraction of sp³-hybridized carbons (Fsp3) is 0.214. The highest BCUT2D eigenvalue weighted by Gasteiger charge is 2.09. The van der Waals surface area contributed by atoms with Gasteiger partial charge in [-0.2, -0.15) is 4.98 Å². The fourth-order valence-electron chi connectivity index (χ4n) is 1.48. The molecule has 0 spiro atoms. The second-order valence-electron chi connectivity index (χ2n) is 4.39. The van der Waals surface area contributed by atoms with Gasteiger partial charge in [0.1, 0.15) is 5.75 Å². The molecule has 2 rings (SSSR count). The highest BCUT2D eigenvalue weighted by molar-refractivity contribution is 6.35. The van der Waals surface area contributed by atoms with Gasteiger partial charge in [0.05, 0.1) is 16.8 Å². The van der Waals surface area contributed by atoms with Crippen LogP contribution in [-0.2, 0) is 0 Å². The number of ether oxygens (including phenoxy) is 2. The van der Waals surface area contributed by atoms with Crippen molar-refractivity contribution in [3.63, 3.8) is 0 Å². The van der Waals surface area contributed by atoms with Crippen molar-refractivity contribution < 1.29 is 9.47 Å². The molecule has 2 aromatic rings. The Balaban J connectivity index is 2.25. The molecular formula is C14H14Cl2N2O2. The van der Waals surface area contributed by atoms with E-state index in [9.17, 15) is 0 Å². The van der Waals surface area contributed by atoms with Crippen molar-refractivity contribution in [3.8, 4) is 17.5 Å². The average Bonchev–Trinajstić information content (AvgIpc) is 2.36. The van der Waals surface area contributed by atoms with Gasteiger partial charge in [0.25, 0.3) is 0 Å². The molecule has 0 saturated carbocycles. The second-order valence-corrected chi connectivity index (χ2v) is 5.23. The first-order chi connectivity index (χ1) is 9.45. The minimum atomic E-state index is -0.0285. The molecule has 0 aliphatic heterocycles.